The predicted molar refractivity (Wildman–Crippen MR) is 67.5 cm³/mol. The number of nitrogens with two attached hydrogens (primary N) is 1. The molecule has 90 valence electrons. The van der Waals surface area contributed by atoms with Crippen molar-refractivity contribution in [3.8, 4) is 5.75 Å². The van der Waals surface area contributed by atoms with E-state index in [-0.39, 0.29) is 6.04 Å². The summed E-state index contributed by atoms with van der Waals surface area (Å²) < 4.78 is 5.37. The highest BCUT2D eigenvalue weighted by Gasteiger charge is 2.27. The predicted octanol–water partition coefficient (Wildman–Crippen LogP) is 2.84. The smallest absolute Gasteiger partial charge is 0.134 e. The van der Waals surface area contributed by atoms with E-state index in [2.05, 4.69) is 10.8 Å². The minimum Gasteiger partial charge on any atom is -0.496 e. The quantitative estimate of drug-likeness (QED) is 0.628. The molecule has 4 heteroatoms. The van der Waals surface area contributed by atoms with E-state index >= 15 is 0 Å². The second kappa shape index (κ2) is 5.66. The summed E-state index contributed by atoms with van der Waals surface area (Å²) in [6.45, 7) is 0. The first kappa shape index (κ1) is 11.9. The topological polar surface area (TPSA) is 47.3 Å². The number of nitrogens with one attached hydrogen (secondary N) is 1. The Hall–Kier alpha value is -0.580. The number of rotatable bonds is 4. The molecule has 1 aromatic heterocycles. The lowest BCUT2D eigenvalue weighted by Gasteiger charge is -2.29. The van der Waals surface area contributed by atoms with E-state index in [0.717, 1.165) is 5.75 Å². The Bertz CT molecular complexity index is 321. The van der Waals surface area contributed by atoms with E-state index in [4.69, 9.17) is 10.6 Å². The molecule has 1 unspecified atom stereocenters. The van der Waals surface area contributed by atoms with E-state index in [1.165, 1.54) is 37.0 Å². The Morgan fingerprint density at radius 3 is 2.81 bits per heavy atom. The summed E-state index contributed by atoms with van der Waals surface area (Å²) in [5, 5.41) is 2.07. The zero-order valence-electron chi connectivity index (χ0n) is 9.74. The Balaban J connectivity index is 2.14. The number of ether oxygens (including phenoxy) is 1. The van der Waals surface area contributed by atoms with Gasteiger partial charge in [-0.1, -0.05) is 19.3 Å². The van der Waals surface area contributed by atoms with Gasteiger partial charge in [-0.15, -0.1) is 11.3 Å². The van der Waals surface area contributed by atoms with Crippen LogP contribution in [0, 0.1) is 5.92 Å². The van der Waals surface area contributed by atoms with Crippen LogP contribution in [0.25, 0.3) is 0 Å². The zero-order valence-corrected chi connectivity index (χ0v) is 10.6. The molecule has 1 aliphatic rings. The van der Waals surface area contributed by atoms with Crippen LogP contribution in [0.1, 0.15) is 43.0 Å². The highest BCUT2D eigenvalue weighted by atomic mass is 32.1. The number of thiophene rings is 1. The van der Waals surface area contributed by atoms with Crippen LogP contribution in [0.2, 0.25) is 0 Å². The van der Waals surface area contributed by atoms with E-state index in [1.54, 1.807) is 18.4 Å². The summed E-state index contributed by atoms with van der Waals surface area (Å²) >= 11 is 1.73. The third-order valence-electron chi connectivity index (χ3n) is 3.46. The molecule has 1 fully saturated rings. The minimum absolute atomic E-state index is 0.259. The second-order valence-electron chi connectivity index (χ2n) is 4.40. The van der Waals surface area contributed by atoms with Gasteiger partial charge < -0.3 is 4.74 Å². The van der Waals surface area contributed by atoms with Crippen LogP contribution < -0.4 is 16.0 Å². The van der Waals surface area contributed by atoms with Gasteiger partial charge in [0.1, 0.15) is 5.75 Å². The van der Waals surface area contributed by atoms with Gasteiger partial charge >= 0.3 is 0 Å². The summed E-state index contributed by atoms with van der Waals surface area (Å²) in [7, 11) is 1.72. The average molecular weight is 240 g/mol. The fraction of sp³-hybridized carbons (Fsp3) is 0.667. The van der Waals surface area contributed by atoms with Crippen molar-refractivity contribution >= 4 is 11.3 Å². The second-order valence-corrected chi connectivity index (χ2v) is 5.34. The van der Waals surface area contributed by atoms with Crippen molar-refractivity contribution < 1.29 is 4.74 Å². The molecule has 1 saturated carbocycles. The van der Waals surface area contributed by atoms with Gasteiger partial charge in [-0.25, -0.2) is 0 Å². The molecule has 0 saturated heterocycles. The van der Waals surface area contributed by atoms with E-state index in [1.807, 2.05) is 6.07 Å². The van der Waals surface area contributed by atoms with Gasteiger partial charge in [0.2, 0.25) is 0 Å². The SMILES string of the molecule is COc1ccsc1C(NN)C1CCCCC1. The van der Waals surface area contributed by atoms with Crippen molar-refractivity contribution in [3.63, 3.8) is 0 Å². The molecule has 1 atom stereocenters. The first-order chi connectivity index (χ1) is 7.86. The van der Waals surface area contributed by atoms with Crippen molar-refractivity contribution in [3.05, 3.63) is 16.3 Å². The first-order valence-corrected chi connectivity index (χ1v) is 6.82. The molecular weight excluding hydrogens is 220 g/mol. The molecule has 0 bridgehead atoms. The monoisotopic (exact) mass is 240 g/mol. The normalized spacial score (nSPS) is 19.6. The highest BCUT2D eigenvalue weighted by Crippen LogP contribution is 2.40. The minimum atomic E-state index is 0.259. The molecule has 1 aliphatic carbocycles. The summed E-state index contributed by atoms with van der Waals surface area (Å²) in [4.78, 5) is 1.25. The van der Waals surface area contributed by atoms with E-state index in [9.17, 15) is 0 Å². The Labute approximate surface area is 101 Å². The average Bonchev–Trinajstić information content (AvgIpc) is 2.80. The molecule has 0 aliphatic heterocycles. The van der Waals surface area contributed by atoms with Crippen LogP contribution >= 0.6 is 11.3 Å². The number of hydrogen-bond donors (Lipinski definition) is 2. The van der Waals surface area contributed by atoms with Gasteiger partial charge in [0.25, 0.3) is 0 Å². The van der Waals surface area contributed by atoms with Crippen molar-refractivity contribution in [2.45, 2.75) is 38.1 Å². The van der Waals surface area contributed by atoms with Crippen LogP contribution in [0.4, 0.5) is 0 Å². The van der Waals surface area contributed by atoms with E-state index in [0.29, 0.717) is 5.92 Å². The van der Waals surface area contributed by atoms with Crippen LogP contribution in [-0.4, -0.2) is 7.11 Å². The summed E-state index contributed by atoms with van der Waals surface area (Å²) in [6.07, 6.45) is 6.58. The summed E-state index contributed by atoms with van der Waals surface area (Å²) in [6, 6.07) is 2.28. The summed E-state index contributed by atoms with van der Waals surface area (Å²) in [5.41, 5.74) is 2.98. The van der Waals surface area contributed by atoms with Gasteiger partial charge in [-0.3, -0.25) is 11.3 Å². The van der Waals surface area contributed by atoms with Crippen LogP contribution in [0.3, 0.4) is 0 Å². The molecule has 0 amide bonds. The Morgan fingerprint density at radius 1 is 1.44 bits per heavy atom. The van der Waals surface area contributed by atoms with Crippen molar-refractivity contribution in [2.24, 2.45) is 11.8 Å². The maximum absolute atomic E-state index is 5.72. The van der Waals surface area contributed by atoms with Gasteiger partial charge in [-0.2, -0.15) is 0 Å². The van der Waals surface area contributed by atoms with Crippen molar-refractivity contribution in [1.29, 1.82) is 0 Å². The van der Waals surface area contributed by atoms with Gasteiger partial charge in [0, 0.05) is 0 Å². The Morgan fingerprint density at radius 2 is 2.19 bits per heavy atom. The molecule has 1 heterocycles. The highest BCUT2D eigenvalue weighted by molar-refractivity contribution is 7.10. The number of hydrogen-bond acceptors (Lipinski definition) is 4. The fourth-order valence-electron chi connectivity index (χ4n) is 2.60. The van der Waals surface area contributed by atoms with Crippen LogP contribution in [0.5, 0.6) is 5.75 Å². The number of hydrazine groups is 1. The lowest BCUT2D eigenvalue weighted by Crippen LogP contribution is -2.34. The first-order valence-electron chi connectivity index (χ1n) is 5.94. The van der Waals surface area contributed by atoms with Crippen molar-refractivity contribution in [1.82, 2.24) is 5.43 Å². The Kier molecular flexibility index (Phi) is 4.21. The molecule has 0 aromatic carbocycles. The van der Waals surface area contributed by atoms with Gasteiger partial charge in [0.15, 0.2) is 0 Å². The molecule has 0 radical (unpaired) electrons. The maximum atomic E-state index is 5.72. The summed E-state index contributed by atoms with van der Waals surface area (Å²) in [5.74, 6) is 7.35. The molecular formula is C12H20N2OS. The van der Waals surface area contributed by atoms with Gasteiger partial charge in [0.05, 0.1) is 18.0 Å². The van der Waals surface area contributed by atoms with Crippen LogP contribution in [-0.2, 0) is 0 Å². The molecule has 2 rings (SSSR count). The molecule has 1 aromatic rings. The number of methoxy groups -OCH3 is 1. The lowest BCUT2D eigenvalue weighted by molar-refractivity contribution is 0.271. The largest absolute Gasteiger partial charge is 0.496 e. The van der Waals surface area contributed by atoms with Gasteiger partial charge in [-0.05, 0) is 30.2 Å². The van der Waals surface area contributed by atoms with E-state index < -0.39 is 0 Å². The molecule has 3 nitrogen and oxygen atoms in total. The zero-order chi connectivity index (χ0) is 11.4. The third-order valence-corrected chi connectivity index (χ3v) is 4.44. The van der Waals surface area contributed by atoms with Crippen molar-refractivity contribution in [2.75, 3.05) is 7.11 Å². The lowest BCUT2D eigenvalue weighted by atomic mass is 9.83. The molecule has 3 N–H and O–H groups in total. The molecule has 0 spiro atoms. The maximum Gasteiger partial charge on any atom is 0.134 e. The molecule has 16 heavy (non-hydrogen) atoms. The standard InChI is InChI=1S/C12H20N2OS/c1-15-10-7-8-16-12(10)11(14-13)9-5-3-2-4-6-9/h7-9,11,14H,2-6,13H2,1H3. The fourth-order valence-corrected chi connectivity index (χ4v) is 3.61. The third kappa shape index (κ3) is 2.39. The van der Waals surface area contributed by atoms with Crippen LogP contribution in [0.15, 0.2) is 11.4 Å².